The largest absolute Gasteiger partial charge is 0.309 e. The van der Waals surface area contributed by atoms with Crippen LogP contribution in [-0.4, -0.2) is 4.57 Å². The summed E-state index contributed by atoms with van der Waals surface area (Å²) in [6.07, 6.45) is 0. The van der Waals surface area contributed by atoms with Crippen LogP contribution in [0.1, 0.15) is 22.3 Å². The van der Waals surface area contributed by atoms with Crippen LogP contribution in [0.2, 0.25) is 0 Å². The molecule has 1 spiro atoms. The zero-order valence-corrected chi connectivity index (χ0v) is 23.8. The van der Waals surface area contributed by atoms with E-state index < -0.39 is 0 Å². The van der Waals surface area contributed by atoms with Gasteiger partial charge in [0.05, 0.1) is 16.6 Å². The van der Waals surface area contributed by atoms with Crippen molar-refractivity contribution in [1.29, 1.82) is 0 Å². The lowest BCUT2D eigenvalue weighted by molar-refractivity contribution is 0.792. The molecule has 0 unspecified atom stereocenters. The molecule has 0 saturated carbocycles. The molecule has 0 N–H and O–H groups in total. The highest BCUT2D eigenvalue weighted by Gasteiger charge is 2.51. The second-order valence-electron chi connectivity index (χ2n) is 11.1. The van der Waals surface area contributed by atoms with Gasteiger partial charge in [-0.2, -0.15) is 0 Å². The van der Waals surface area contributed by atoms with E-state index in [1.165, 1.54) is 72.4 Å². The van der Waals surface area contributed by atoms with Crippen LogP contribution in [0.25, 0.3) is 50.1 Å². The van der Waals surface area contributed by atoms with Gasteiger partial charge >= 0.3 is 0 Å². The van der Waals surface area contributed by atoms with Crippen molar-refractivity contribution in [3.63, 3.8) is 0 Å². The quantitative estimate of drug-likeness (QED) is 0.190. The van der Waals surface area contributed by atoms with E-state index in [1.807, 2.05) is 0 Å². The van der Waals surface area contributed by atoms with Crippen LogP contribution >= 0.6 is 15.9 Å². The Morgan fingerprint density at radius 1 is 0.463 bits per heavy atom. The normalized spacial score (nSPS) is 13.7. The second kappa shape index (κ2) is 8.42. The van der Waals surface area contributed by atoms with Crippen LogP contribution < -0.4 is 0 Å². The van der Waals surface area contributed by atoms with Crippen molar-refractivity contribution < 1.29 is 0 Å². The van der Waals surface area contributed by atoms with E-state index in [-0.39, 0.29) is 5.41 Å². The molecule has 1 nitrogen and oxygen atoms in total. The van der Waals surface area contributed by atoms with Gasteiger partial charge in [0.1, 0.15) is 0 Å². The average Bonchev–Trinajstić information content (AvgIpc) is 3.65. The summed E-state index contributed by atoms with van der Waals surface area (Å²) in [5.41, 5.74) is 15.1. The van der Waals surface area contributed by atoms with Crippen molar-refractivity contribution in [1.82, 2.24) is 4.57 Å². The van der Waals surface area contributed by atoms with Crippen LogP contribution in [0, 0.1) is 0 Å². The summed E-state index contributed by atoms with van der Waals surface area (Å²) in [4.78, 5) is 0. The first kappa shape index (κ1) is 23.1. The molecule has 0 bridgehead atoms. The maximum absolute atomic E-state index is 3.82. The van der Waals surface area contributed by atoms with Crippen molar-refractivity contribution in [2.24, 2.45) is 0 Å². The highest BCUT2D eigenvalue weighted by molar-refractivity contribution is 9.10. The monoisotopic (exact) mass is 585 g/mol. The SMILES string of the molecule is Brc1ccc2c(c1)C1(c3ccccc3-c3ccccc31)c1cc(-n3c(-c4ccccc4)cc4ccccc43)ccc1-2. The Hall–Kier alpha value is -4.66. The van der Waals surface area contributed by atoms with Gasteiger partial charge in [-0.3, -0.25) is 0 Å². The molecule has 0 radical (unpaired) electrons. The third-order valence-corrected chi connectivity index (χ3v) is 9.57. The third-order valence-electron chi connectivity index (χ3n) is 9.07. The fourth-order valence-corrected chi connectivity index (χ4v) is 7.85. The zero-order valence-electron chi connectivity index (χ0n) is 22.2. The minimum atomic E-state index is -0.381. The van der Waals surface area contributed by atoms with Crippen molar-refractivity contribution in [2.45, 2.75) is 5.41 Å². The van der Waals surface area contributed by atoms with Crippen molar-refractivity contribution in [2.75, 3.05) is 0 Å². The van der Waals surface area contributed by atoms with Crippen LogP contribution in [0.15, 0.2) is 150 Å². The molecule has 1 aromatic heterocycles. The molecule has 0 atom stereocenters. The van der Waals surface area contributed by atoms with E-state index >= 15 is 0 Å². The van der Waals surface area contributed by atoms with Crippen LogP contribution in [0.4, 0.5) is 0 Å². The lowest BCUT2D eigenvalue weighted by Crippen LogP contribution is -2.26. The molecule has 7 aromatic rings. The molecule has 192 valence electrons. The summed E-state index contributed by atoms with van der Waals surface area (Å²) in [5, 5.41) is 1.24. The molecule has 2 aliphatic carbocycles. The van der Waals surface area contributed by atoms with Gasteiger partial charge < -0.3 is 4.57 Å². The summed E-state index contributed by atoms with van der Waals surface area (Å²) < 4.78 is 3.54. The van der Waals surface area contributed by atoms with E-state index in [1.54, 1.807) is 0 Å². The number of para-hydroxylation sites is 1. The van der Waals surface area contributed by atoms with Gasteiger partial charge in [0.25, 0.3) is 0 Å². The van der Waals surface area contributed by atoms with Crippen molar-refractivity contribution >= 4 is 26.8 Å². The number of nitrogens with zero attached hydrogens (tertiary/aromatic N) is 1. The predicted octanol–water partition coefficient (Wildman–Crippen LogP) is 10.4. The maximum atomic E-state index is 3.82. The predicted molar refractivity (Wildman–Crippen MR) is 173 cm³/mol. The highest BCUT2D eigenvalue weighted by Crippen LogP contribution is 2.63. The van der Waals surface area contributed by atoms with Gasteiger partial charge in [0.15, 0.2) is 0 Å². The van der Waals surface area contributed by atoms with E-state index in [4.69, 9.17) is 0 Å². The summed E-state index contributed by atoms with van der Waals surface area (Å²) >= 11 is 3.82. The zero-order chi connectivity index (χ0) is 27.1. The lowest BCUT2D eigenvalue weighted by atomic mass is 9.70. The van der Waals surface area contributed by atoms with E-state index in [2.05, 4.69) is 166 Å². The van der Waals surface area contributed by atoms with E-state index in [9.17, 15) is 0 Å². The van der Waals surface area contributed by atoms with Gasteiger partial charge in [-0.25, -0.2) is 0 Å². The number of hydrogen-bond donors (Lipinski definition) is 0. The summed E-state index contributed by atoms with van der Waals surface area (Å²) in [7, 11) is 0. The highest BCUT2D eigenvalue weighted by atomic mass is 79.9. The van der Waals surface area contributed by atoms with Gasteiger partial charge in [-0.15, -0.1) is 0 Å². The third kappa shape index (κ3) is 3.00. The first-order chi connectivity index (χ1) is 20.2. The molecule has 41 heavy (non-hydrogen) atoms. The molecule has 0 aliphatic heterocycles. The smallest absolute Gasteiger partial charge is 0.0726 e. The Kier molecular flexibility index (Phi) is 4.74. The molecule has 6 aromatic carbocycles. The Morgan fingerprint density at radius 2 is 1.05 bits per heavy atom. The number of fused-ring (bicyclic) bond motifs is 11. The van der Waals surface area contributed by atoms with Gasteiger partial charge in [-0.1, -0.05) is 125 Å². The number of aromatic nitrogens is 1. The molecule has 0 fully saturated rings. The molecule has 0 saturated heterocycles. The van der Waals surface area contributed by atoms with Crippen molar-refractivity contribution in [3.8, 4) is 39.2 Å². The van der Waals surface area contributed by atoms with Gasteiger partial charge in [0, 0.05) is 15.5 Å². The van der Waals surface area contributed by atoms with Gasteiger partial charge in [0.2, 0.25) is 0 Å². The molecule has 2 heteroatoms. The molecular weight excluding hydrogens is 562 g/mol. The Bertz CT molecular complexity index is 2120. The Balaban J connectivity index is 1.40. The first-order valence-electron chi connectivity index (χ1n) is 14.1. The molecule has 9 rings (SSSR count). The average molecular weight is 587 g/mol. The van der Waals surface area contributed by atoms with Crippen molar-refractivity contribution in [3.05, 3.63) is 172 Å². The first-order valence-corrected chi connectivity index (χ1v) is 14.8. The Labute approximate surface area is 247 Å². The van der Waals surface area contributed by atoms with Crippen LogP contribution in [0.5, 0.6) is 0 Å². The fraction of sp³-hybridized carbons (Fsp3) is 0.0256. The number of halogens is 1. The molecular formula is C39H24BrN. The topological polar surface area (TPSA) is 4.93 Å². The van der Waals surface area contributed by atoms with Crippen LogP contribution in [0.3, 0.4) is 0 Å². The van der Waals surface area contributed by atoms with E-state index in [0.29, 0.717) is 0 Å². The minimum absolute atomic E-state index is 0.381. The molecule has 2 aliphatic rings. The second-order valence-corrected chi connectivity index (χ2v) is 12.0. The molecule has 0 amide bonds. The van der Waals surface area contributed by atoms with Gasteiger partial charge in [-0.05, 0) is 86.5 Å². The summed E-state index contributed by atoms with van der Waals surface area (Å²) in [6, 6.07) is 53.6. The fourth-order valence-electron chi connectivity index (χ4n) is 7.49. The lowest BCUT2D eigenvalue weighted by Gasteiger charge is -2.31. The maximum Gasteiger partial charge on any atom is 0.0726 e. The number of benzene rings is 6. The van der Waals surface area contributed by atoms with E-state index in [0.717, 1.165) is 4.47 Å². The Morgan fingerprint density at radius 3 is 1.80 bits per heavy atom. The minimum Gasteiger partial charge on any atom is -0.309 e. The number of hydrogen-bond acceptors (Lipinski definition) is 0. The summed E-state index contributed by atoms with van der Waals surface area (Å²) in [5.74, 6) is 0. The molecule has 1 heterocycles. The standard InChI is InChI=1S/C39H24BrN/c40-27-18-20-31-32-21-19-28(41-37-17-9-4-12-26(37)22-38(41)25-10-2-1-3-11-25)24-36(32)39(35(31)23-27)33-15-7-5-13-29(33)30-14-6-8-16-34(30)39/h1-24H. The number of rotatable bonds is 2. The van der Waals surface area contributed by atoms with Crippen LogP contribution in [-0.2, 0) is 5.41 Å². The summed E-state index contributed by atoms with van der Waals surface area (Å²) in [6.45, 7) is 0.